The summed E-state index contributed by atoms with van der Waals surface area (Å²) in [4.78, 5) is 12.7. The highest BCUT2D eigenvalue weighted by Gasteiger charge is 2.41. The molecule has 0 radical (unpaired) electrons. The van der Waals surface area contributed by atoms with Gasteiger partial charge in [0.05, 0.1) is 10.9 Å². The van der Waals surface area contributed by atoms with E-state index in [2.05, 4.69) is 24.3 Å². The van der Waals surface area contributed by atoms with Gasteiger partial charge in [-0.25, -0.2) is 4.79 Å². The molecule has 2 atom stereocenters. The van der Waals surface area contributed by atoms with E-state index in [-0.39, 0.29) is 11.5 Å². The van der Waals surface area contributed by atoms with Gasteiger partial charge in [-0.3, -0.25) is 0 Å². The summed E-state index contributed by atoms with van der Waals surface area (Å²) in [5, 5.41) is 0.789. The van der Waals surface area contributed by atoms with E-state index in [9.17, 15) is 4.79 Å². The fourth-order valence-electron chi connectivity index (χ4n) is 3.49. The van der Waals surface area contributed by atoms with Gasteiger partial charge in [0, 0.05) is 26.4 Å². The van der Waals surface area contributed by atoms with Crippen LogP contribution in [0.3, 0.4) is 0 Å². The van der Waals surface area contributed by atoms with Gasteiger partial charge in [0.15, 0.2) is 0 Å². The third kappa shape index (κ3) is 2.63. The molecule has 1 aliphatic rings. The molecular formula is C21H20O4. The molecule has 0 amide bonds. The monoisotopic (exact) mass is 336 g/mol. The van der Waals surface area contributed by atoms with E-state index in [1.54, 1.807) is 13.2 Å². The quantitative estimate of drug-likeness (QED) is 0.652. The second-order valence-corrected chi connectivity index (χ2v) is 6.74. The fraction of sp³-hybridized carbons (Fsp3) is 0.286. The molecule has 0 spiro atoms. The first-order valence-electron chi connectivity index (χ1n) is 8.37. The summed E-state index contributed by atoms with van der Waals surface area (Å²) in [5.74, 6) is -0.387. The van der Waals surface area contributed by atoms with E-state index < -0.39 is 5.79 Å². The third-order valence-electron chi connectivity index (χ3n) is 4.95. The van der Waals surface area contributed by atoms with Crippen LogP contribution < -0.4 is 10.4 Å². The normalized spacial score (nSPS) is 22.4. The summed E-state index contributed by atoms with van der Waals surface area (Å²) in [6, 6.07) is 15.7. The number of rotatable bonds is 2. The van der Waals surface area contributed by atoms with Crippen LogP contribution in [0.15, 0.2) is 57.7 Å². The molecule has 1 aliphatic heterocycles. The second-order valence-electron chi connectivity index (χ2n) is 6.74. The van der Waals surface area contributed by atoms with Crippen molar-refractivity contribution in [1.29, 1.82) is 0 Å². The minimum absolute atomic E-state index is 0.143. The van der Waals surface area contributed by atoms with Crippen LogP contribution in [0.2, 0.25) is 0 Å². The van der Waals surface area contributed by atoms with E-state index in [4.69, 9.17) is 13.9 Å². The molecular weight excluding hydrogens is 316 g/mol. The highest BCUT2D eigenvalue weighted by atomic mass is 16.7. The summed E-state index contributed by atoms with van der Waals surface area (Å²) < 4.78 is 17.4. The molecule has 128 valence electrons. The Hall–Kier alpha value is -2.59. The first kappa shape index (κ1) is 15.9. The van der Waals surface area contributed by atoms with Gasteiger partial charge in [-0.1, -0.05) is 42.0 Å². The molecule has 2 aromatic carbocycles. The van der Waals surface area contributed by atoms with Gasteiger partial charge in [-0.15, -0.1) is 0 Å². The first-order chi connectivity index (χ1) is 12.0. The number of aryl methyl sites for hydroxylation is 1. The van der Waals surface area contributed by atoms with E-state index in [1.165, 1.54) is 5.56 Å². The van der Waals surface area contributed by atoms with Crippen molar-refractivity contribution < 1.29 is 13.9 Å². The molecule has 3 aromatic rings. The average molecular weight is 336 g/mol. The van der Waals surface area contributed by atoms with Crippen LogP contribution in [0.4, 0.5) is 0 Å². The van der Waals surface area contributed by atoms with Crippen LogP contribution in [0.25, 0.3) is 11.0 Å². The lowest BCUT2D eigenvalue weighted by Crippen LogP contribution is -2.41. The summed E-state index contributed by atoms with van der Waals surface area (Å²) in [6.45, 7) is 3.95. The maximum Gasteiger partial charge on any atom is 0.343 e. The number of fused-ring (bicyclic) bond motifs is 3. The van der Waals surface area contributed by atoms with Gasteiger partial charge in [-0.2, -0.15) is 0 Å². The van der Waals surface area contributed by atoms with Gasteiger partial charge in [0.2, 0.25) is 5.79 Å². The number of para-hydroxylation sites is 1. The SMILES string of the molecule is COC1(C)CC(c2ccc(C)cc2)c2c(c3ccccc3oc2=O)O1. The van der Waals surface area contributed by atoms with Gasteiger partial charge in [0.1, 0.15) is 11.3 Å². The summed E-state index contributed by atoms with van der Waals surface area (Å²) in [6.07, 6.45) is 0.544. The second kappa shape index (κ2) is 5.74. The van der Waals surface area contributed by atoms with E-state index in [0.29, 0.717) is 23.3 Å². The van der Waals surface area contributed by atoms with Crippen molar-refractivity contribution in [2.45, 2.75) is 32.0 Å². The number of benzene rings is 2. The zero-order valence-electron chi connectivity index (χ0n) is 14.5. The Balaban J connectivity index is 2.00. The molecule has 2 heterocycles. The predicted molar refractivity (Wildman–Crippen MR) is 96.2 cm³/mol. The molecule has 4 heteroatoms. The molecule has 0 saturated heterocycles. The Morgan fingerprint density at radius 3 is 2.56 bits per heavy atom. The van der Waals surface area contributed by atoms with Crippen molar-refractivity contribution in [3.8, 4) is 5.75 Å². The number of methoxy groups -OCH3 is 1. The summed E-state index contributed by atoms with van der Waals surface area (Å²) >= 11 is 0. The van der Waals surface area contributed by atoms with Gasteiger partial charge >= 0.3 is 5.63 Å². The van der Waals surface area contributed by atoms with Crippen molar-refractivity contribution in [1.82, 2.24) is 0 Å². The highest BCUT2D eigenvalue weighted by Crippen LogP contribution is 2.45. The Morgan fingerprint density at radius 2 is 1.84 bits per heavy atom. The predicted octanol–water partition coefficient (Wildman–Crippen LogP) is 4.38. The minimum atomic E-state index is -0.806. The summed E-state index contributed by atoms with van der Waals surface area (Å²) in [7, 11) is 1.63. The molecule has 2 unspecified atom stereocenters. The van der Waals surface area contributed by atoms with Crippen molar-refractivity contribution in [2.24, 2.45) is 0 Å². The van der Waals surface area contributed by atoms with Crippen molar-refractivity contribution in [3.05, 3.63) is 75.6 Å². The highest BCUT2D eigenvalue weighted by molar-refractivity contribution is 5.85. The molecule has 4 rings (SSSR count). The molecule has 25 heavy (non-hydrogen) atoms. The molecule has 0 saturated carbocycles. The molecule has 1 aromatic heterocycles. The van der Waals surface area contributed by atoms with Crippen LogP contribution in [-0.4, -0.2) is 12.9 Å². The summed E-state index contributed by atoms with van der Waals surface area (Å²) in [5.41, 5.74) is 2.97. The lowest BCUT2D eigenvalue weighted by Gasteiger charge is -2.38. The molecule has 0 bridgehead atoms. The Bertz CT molecular complexity index is 987. The van der Waals surface area contributed by atoms with E-state index >= 15 is 0 Å². The van der Waals surface area contributed by atoms with Crippen molar-refractivity contribution in [2.75, 3.05) is 7.11 Å². The Morgan fingerprint density at radius 1 is 1.12 bits per heavy atom. The fourth-order valence-corrected chi connectivity index (χ4v) is 3.49. The Labute approximate surface area is 146 Å². The third-order valence-corrected chi connectivity index (χ3v) is 4.95. The number of ether oxygens (including phenoxy) is 2. The lowest BCUT2D eigenvalue weighted by molar-refractivity contribution is -0.163. The van der Waals surface area contributed by atoms with Crippen LogP contribution in [0, 0.1) is 6.92 Å². The van der Waals surface area contributed by atoms with Crippen LogP contribution >= 0.6 is 0 Å². The number of hydrogen-bond donors (Lipinski definition) is 0. The average Bonchev–Trinajstić information content (AvgIpc) is 2.62. The molecule has 0 aliphatic carbocycles. The largest absolute Gasteiger partial charge is 0.461 e. The zero-order chi connectivity index (χ0) is 17.6. The minimum Gasteiger partial charge on any atom is -0.461 e. The lowest BCUT2D eigenvalue weighted by atomic mass is 9.83. The van der Waals surface area contributed by atoms with Crippen molar-refractivity contribution >= 4 is 11.0 Å². The topological polar surface area (TPSA) is 48.7 Å². The molecule has 0 N–H and O–H groups in total. The Kier molecular flexibility index (Phi) is 3.65. The van der Waals surface area contributed by atoms with Gasteiger partial charge in [0.25, 0.3) is 0 Å². The maximum atomic E-state index is 12.7. The van der Waals surface area contributed by atoms with Crippen LogP contribution in [0.5, 0.6) is 5.75 Å². The van der Waals surface area contributed by atoms with Crippen LogP contribution in [-0.2, 0) is 4.74 Å². The van der Waals surface area contributed by atoms with Crippen LogP contribution in [0.1, 0.15) is 36.0 Å². The van der Waals surface area contributed by atoms with E-state index in [1.807, 2.05) is 32.0 Å². The molecule has 4 nitrogen and oxygen atoms in total. The van der Waals surface area contributed by atoms with E-state index in [0.717, 1.165) is 10.9 Å². The molecule has 0 fully saturated rings. The number of hydrogen-bond acceptors (Lipinski definition) is 4. The standard InChI is InChI=1S/C21H20O4/c1-13-8-10-14(11-9-13)16-12-21(2,23-3)25-19-15-6-4-5-7-17(15)24-20(22)18(16)19/h4-11,16H,12H2,1-3H3. The van der Waals surface area contributed by atoms with Gasteiger partial charge in [-0.05, 0) is 24.6 Å². The first-order valence-corrected chi connectivity index (χ1v) is 8.37. The maximum absolute atomic E-state index is 12.7. The smallest absolute Gasteiger partial charge is 0.343 e. The van der Waals surface area contributed by atoms with Crippen molar-refractivity contribution in [3.63, 3.8) is 0 Å². The zero-order valence-corrected chi connectivity index (χ0v) is 14.5. The van der Waals surface area contributed by atoms with Gasteiger partial charge < -0.3 is 13.9 Å².